The number of aromatic nitrogens is 1. The molecular weight excluding hydrogens is 430 g/mol. The molecule has 1 aliphatic rings. The number of imide groups is 1. The molecule has 0 bridgehead atoms. The van der Waals surface area contributed by atoms with Crippen molar-refractivity contribution >= 4 is 28.4 Å². The smallest absolute Gasteiger partial charge is 0.261 e. The summed E-state index contributed by atoms with van der Waals surface area (Å²) in [5.74, 6) is 1.01. The van der Waals surface area contributed by atoms with Gasteiger partial charge in [0.2, 0.25) is 0 Å². The molecule has 0 aliphatic carbocycles. The average Bonchev–Trinajstić information content (AvgIpc) is 3.11. The maximum atomic E-state index is 12.6. The first-order valence-electron chi connectivity index (χ1n) is 11.8. The van der Waals surface area contributed by atoms with Crippen LogP contribution in [0.3, 0.4) is 0 Å². The number of benzene rings is 2. The molecule has 1 aliphatic heterocycles. The topological polar surface area (TPSA) is 72.0 Å². The first-order valence-corrected chi connectivity index (χ1v) is 11.8. The number of ether oxygens (including phenoxy) is 2. The van der Waals surface area contributed by atoms with E-state index in [1.807, 2.05) is 25.2 Å². The van der Waals surface area contributed by atoms with Gasteiger partial charge in [0.25, 0.3) is 11.8 Å². The summed E-state index contributed by atoms with van der Waals surface area (Å²) in [7, 11) is 3.67. The lowest BCUT2D eigenvalue weighted by atomic mass is 10.1. The molecule has 0 atom stereocenters. The highest BCUT2D eigenvalue weighted by Gasteiger charge is 2.34. The van der Waals surface area contributed by atoms with Crippen LogP contribution < -0.4 is 14.4 Å². The van der Waals surface area contributed by atoms with Gasteiger partial charge in [-0.2, -0.15) is 0 Å². The number of amides is 2. The molecule has 0 saturated carbocycles. The van der Waals surface area contributed by atoms with Gasteiger partial charge in [0.05, 0.1) is 36.0 Å². The van der Waals surface area contributed by atoms with Crippen LogP contribution in [0.25, 0.3) is 10.9 Å². The van der Waals surface area contributed by atoms with Crippen LogP contribution in [0.15, 0.2) is 48.7 Å². The van der Waals surface area contributed by atoms with Crippen LogP contribution in [0.4, 0.5) is 5.69 Å². The van der Waals surface area contributed by atoms with Gasteiger partial charge in [-0.1, -0.05) is 25.5 Å². The maximum absolute atomic E-state index is 12.6. The normalized spacial score (nSPS) is 12.9. The number of rotatable bonds is 11. The van der Waals surface area contributed by atoms with Crippen molar-refractivity contribution in [3.8, 4) is 11.5 Å². The molecule has 7 nitrogen and oxygen atoms in total. The molecule has 0 radical (unpaired) electrons. The number of unbranched alkanes of at least 4 members (excludes halogenated alkanes) is 2. The zero-order chi connectivity index (χ0) is 24.1. The molecule has 7 heteroatoms. The predicted molar refractivity (Wildman–Crippen MR) is 133 cm³/mol. The molecule has 0 fully saturated rings. The highest BCUT2D eigenvalue weighted by molar-refractivity contribution is 6.21. The van der Waals surface area contributed by atoms with Gasteiger partial charge in [-0.05, 0) is 43.5 Å². The van der Waals surface area contributed by atoms with Crippen molar-refractivity contribution in [3.05, 3.63) is 59.8 Å². The van der Waals surface area contributed by atoms with Crippen molar-refractivity contribution < 1.29 is 19.1 Å². The van der Waals surface area contributed by atoms with Crippen LogP contribution in [0, 0.1) is 0 Å². The summed E-state index contributed by atoms with van der Waals surface area (Å²) in [6.07, 6.45) is 5.34. The number of fused-ring (bicyclic) bond motifs is 2. The predicted octanol–water partition coefficient (Wildman–Crippen LogP) is 4.93. The molecule has 178 valence electrons. The van der Waals surface area contributed by atoms with E-state index in [-0.39, 0.29) is 11.8 Å². The second kappa shape index (κ2) is 10.5. The van der Waals surface area contributed by atoms with Gasteiger partial charge in [-0.15, -0.1) is 0 Å². The van der Waals surface area contributed by atoms with Gasteiger partial charge < -0.3 is 14.4 Å². The highest BCUT2D eigenvalue weighted by atomic mass is 16.5. The quantitative estimate of drug-likeness (QED) is 0.298. The van der Waals surface area contributed by atoms with E-state index in [1.165, 1.54) is 4.90 Å². The molecule has 0 saturated heterocycles. The van der Waals surface area contributed by atoms with E-state index in [4.69, 9.17) is 9.47 Å². The Morgan fingerprint density at radius 3 is 2.41 bits per heavy atom. The number of carbonyl (C=O) groups is 2. The van der Waals surface area contributed by atoms with Crippen LogP contribution >= 0.6 is 0 Å². The Morgan fingerprint density at radius 1 is 1.00 bits per heavy atom. The molecule has 1 aromatic heterocycles. The zero-order valence-corrected chi connectivity index (χ0v) is 20.0. The molecular formula is C27H31N3O4. The zero-order valence-electron chi connectivity index (χ0n) is 20.0. The van der Waals surface area contributed by atoms with Gasteiger partial charge in [0.15, 0.2) is 11.5 Å². The summed E-state index contributed by atoms with van der Waals surface area (Å²) in [5, 5.41) is 0.922. The number of methoxy groups -OCH3 is 1. The molecule has 0 unspecified atom stereocenters. The highest BCUT2D eigenvalue weighted by Crippen LogP contribution is 2.40. The van der Waals surface area contributed by atoms with Crippen molar-refractivity contribution in [2.75, 3.05) is 38.8 Å². The lowest BCUT2D eigenvalue weighted by molar-refractivity contribution is 0.0652. The van der Waals surface area contributed by atoms with Crippen LogP contribution in [0.2, 0.25) is 0 Å². The monoisotopic (exact) mass is 461 g/mol. The third-order valence-electron chi connectivity index (χ3n) is 6.17. The minimum atomic E-state index is -0.201. The number of hydrogen-bond donors (Lipinski definition) is 0. The summed E-state index contributed by atoms with van der Waals surface area (Å²) in [5.41, 5.74) is 2.81. The van der Waals surface area contributed by atoms with Gasteiger partial charge in [0.1, 0.15) is 0 Å². The number of hydrogen-bond acceptors (Lipinski definition) is 6. The maximum Gasteiger partial charge on any atom is 0.261 e. The molecule has 2 heterocycles. The lowest BCUT2D eigenvalue weighted by Gasteiger charge is -2.23. The van der Waals surface area contributed by atoms with Crippen molar-refractivity contribution in [1.82, 2.24) is 9.88 Å². The molecule has 4 rings (SSSR count). The van der Waals surface area contributed by atoms with E-state index in [1.54, 1.807) is 37.6 Å². The average molecular weight is 462 g/mol. The Balaban J connectivity index is 1.43. The molecule has 3 aromatic rings. The summed E-state index contributed by atoms with van der Waals surface area (Å²) in [6.45, 7) is 3.91. The summed E-state index contributed by atoms with van der Waals surface area (Å²) < 4.78 is 11.7. The van der Waals surface area contributed by atoms with E-state index < -0.39 is 0 Å². The largest absolute Gasteiger partial charge is 0.493 e. The molecule has 2 aromatic carbocycles. The van der Waals surface area contributed by atoms with E-state index in [2.05, 4.69) is 16.8 Å². The van der Waals surface area contributed by atoms with Crippen LogP contribution in [0.5, 0.6) is 11.5 Å². The van der Waals surface area contributed by atoms with Gasteiger partial charge >= 0.3 is 0 Å². The van der Waals surface area contributed by atoms with Crippen molar-refractivity contribution in [3.63, 3.8) is 0 Å². The van der Waals surface area contributed by atoms with Crippen molar-refractivity contribution in [2.45, 2.75) is 32.6 Å². The number of anilines is 1. The van der Waals surface area contributed by atoms with Gasteiger partial charge in [-0.25, -0.2) is 0 Å². The lowest BCUT2D eigenvalue weighted by Crippen LogP contribution is -2.31. The SMILES string of the molecule is CCCCOc1c(OC)cc(N(C)CCCCN2C(=O)c3ccccc3C2=O)c2ncccc12. The van der Waals surface area contributed by atoms with Crippen LogP contribution in [-0.2, 0) is 0 Å². The third-order valence-corrected chi connectivity index (χ3v) is 6.17. The Morgan fingerprint density at radius 2 is 1.74 bits per heavy atom. The Bertz CT molecular complexity index is 1160. The standard InChI is InChI=1S/C27H31N3O4/c1-4-5-17-34-25-21-13-10-14-28-24(21)22(18-23(25)33-3)29(2)15-8-9-16-30-26(31)19-11-6-7-12-20(19)27(30)32/h6-7,10-14,18H,4-5,8-9,15-17H2,1-3H3. The molecule has 34 heavy (non-hydrogen) atoms. The van der Waals surface area contributed by atoms with Crippen molar-refractivity contribution in [2.24, 2.45) is 0 Å². The summed E-state index contributed by atoms with van der Waals surface area (Å²) >= 11 is 0. The minimum absolute atomic E-state index is 0.201. The summed E-state index contributed by atoms with van der Waals surface area (Å²) in [6, 6.07) is 12.9. The minimum Gasteiger partial charge on any atom is -0.493 e. The van der Waals surface area contributed by atoms with E-state index >= 15 is 0 Å². The Kier molecular flexibility index (Phi) is 7.30. The van der Waals surface area contributed by atoms with E-state index in [0.29, 0.717) is 30.0 Å². The summed E-state index contributed by atoms with van der Waals surface area (Å²) in [4.78, 5) is 33.2. The van der Waals surface area contributed by atoms with E-state index in [0.717, 1.165) is 54.6 Å². The van der Waals surface area contributed by atoms with E-state index in [9.17, 15) is 9.59 Å². The first kappa shape index (κ1) is 23.5. The fourth-order valence-corrected chi connectivity index (χ4v) is 4.28. The number of nitrogens with zero attached hydrogens (tertiary/aromatic N) is 3. The number of pyridine rings is 1. The van der Waals surface area contributed by atoms with Crippen LogP contribution in [0.1, 0.15) is 53.3 Å². The molecule has 0 N–H and O–H groups in total. The molecule has 2 amide bonds. The number of carbonyl (C=O) groups excluding carboxylic acids is 2. The van der Waals surface area contributed by atoms with Crippen LogP contribution in [-0.4, -0.2) is 55.6 Å². The fourth-order valence-electron chi connectivity index (χ4n) is 4.28. The van der Waals surface area contributed by atoms with Gasteiger partial charge in [0, 0.05) is 37.8 Å². The Hall–Kier alpha value is -3.61. The van der Waals surface area contributed by atoms with Gasteiger partial charge in [-0.3, -0.25) is 19.5 Å². The van der Waals surface area contributed by atoms with Crippen molar-refractivity contribution in [1.29, 1.82) is 0 Å². The third kappa shape index (κ3) is 4.55. The first-order chi connectivity index (χ1) is 16.6. The second-order valence-electron chi connectivity index (χ2n) is 8.46. The fraction of sp³-hybridized carbons (Fsp3) is 0.370. The second-order valence-corrected chi connectivity index (χ2v) is 8.46. The molecule has 0 spiro atoms. The Labute approximate surface area is 200 Å².